The quantitative estimate of drug-likeness (QED) is 0.532. The summed E-state index contributed by atoms with van der Waals surface area (Å²) in [7, 11) is -3.54. The summed E-state index contributed by atoms with van der Waals surface area (Å²) in [4.78, 5) is 0. The molecule has 0 aliphatic carbocycles. The van der Waals surface area contributed by atoms with Crippen LogP contribution in [0.2, 0.25) is 5.02 Å². The highest BCUT2D eigenvalue weighted by Crippen LogP contribution is 2.26. The molecule has 0 saturated heterocycles. The van der Waals surface area contributed by atoms with Crippen molar-refractivity contribution in [2.24, 2.45) is 0 Å². The molecule has 0 atom stereocenters. The van der Waals surface area contributed by atoms with E-state index in [1.54, 1.807) is 24.3 Å². The van der Waals surface area contributed by atoms with Gasteiger partial charge in [-0.2, -0.15) is 8.42 Å². The molecule has 0 aliphatic heterocycles. The minimum atomic E-state index is -3.54. The number of halogens is 1. The Labute approximate surface area is 137 Å². The first-order valence-corrected chi connectivity index (χ1v) is 9.24. The maximum absolute atomic E-state index is 11.9. The molecule has 0 unspecified atom stereocenters. The summed E-state index contributed by atoms with van der Waals surface area (Å²) in [6, 6.07) is 14.4. The van der Waals surface area contributed by atoms with Gasteiger partial charge in [0, 0.05) is 5.02 Å². The van der Waals surface area contributed by atoms with Crippen molar-refractivity contribution >= 4 is 21.7 Å². The zero-order chi connectivity index (χ0) is 16.0. The highest BCUT2D eigenvalue weighted by atomic mass is 35.5. The van der Waals surface area contributed by atoms with Gasteiger partial charge in [0.1, 0.15) is 5.75 Å². The fraction of sp³-hybridized carbons (Fsp3) is 0.294. The van der Waals surface area contributed by atoms with E-state index in [1.807, 2.05) is 31.2 Å². The monoisotopic (exact) mass is 338 g/mol. The largest absolute Gasteiger partial charge is 0.382 e. The third kappa shape index (κ3) is 5.04. The number of unbranched alkanes of at least 4 members (excludes halogenated alkanes) is 2. The van der Waals surface area contributed by atoms with Crippen LogP contribution in [0.25, 0.3) is 11.1 Å². The Morgan fingerprint density at radius 3 is 2.36 bits per heavy atom. The van der Waals surface area contributed by atoms with E-state index in [0.717, 1.165) is 24.0 Å². The Morgan fingerprint density at radius 1 is 1.00 bits per heavy atom. The van der Waals surface area contributed by atoms with Crippen LogP contribution >= 0.6 is 11.6 Å². The van der Waals surface area contributed by atoms with E-state index in [9.17, 15) is 8.42 Å². The van der Waals surface area contributed by atoms with E-state index < -0.39 is 10.1 Å². The zero-order valence-electron chi connectivity index (χ0n) is 12.5. The highest BCUT2D eigenvalue weighted by molar-refractivity contribution is 7.87. The molecule has 0 bridgehead atoms. The van der Waals surface area contributed by atoms with Gasteiger partial charge in [-0.25, -0.2) is 0 Å². The van der Waals surface area contributed by atoms with E-state index in [0.29, 0.717) is 17.2 Å². The van der Waals surface area contributed by atoms with Crippen molar-refractivity contribution in [3.63, 3.8) is 0 Å². The lowest BCUT2D eigenvalue weighted by molar-refractivity contribution is 0.483. The van der Waals surface area contributed by atoms with Crippen molar-refractivity contribution in [3.05, 3.63) is 53.6 Å². The topological polar surface area (TPSA) is 43.4 Å². The third-order valence-electron chi connectivity index (χ3n) is 3.21. The first-order chi connectivity index (χ1) is 10.5. The van der Waals surface area contributed by atoms with Gasteiger partial charge in [0.15, 0.2) is 0 Å². The fourth-order valence-electron chi connectivity index (χ4n) is 2.11. The van der Waals surface area contributed by atoms with Crippen LogP contribution in [0.4, 0.5) is 0 Å². The van der Waals surface area contributed by atoms with Gasteiger partial charge in [0.2, 0.25) is 0 Å². The summed E-state index contributed by atoms with van der Waals surface area (Å²) in [5, 5.41) is 0.635. The van der Waals surface area contributed by atoms with Gasteiger partial charge in [-0.1, -0.05) is 55.6 Å². The lowest BCUT2D eigenvalue weighted by Gasteiger charge is -2.09. The second-order valence-electron chi connectivity index (χ2n) is 5.09. The van der Waals surface area contributed by atoms with Crippen LogP contribution in [0.15, 0.2) is 48.5 Å². The molecule has 2 rings (SSSR count). The Morgan fingerprint density at radius 2 is 1.68 bits per heavy atom. The normalized spacial score (nSPS) is 11.4. The molecule has 3 nitrogen and oxygen atoms in total. The van der Waals surface area contributed by atoms with Crippen molar-refractivity contribution in [2.45, 2.75) is 26.2 Å². The molecule has 0 fully saturated rings. The number of hydrogen-bond acceptors (Lipinski definition) is 3. The fourth-order valence-corrected chi connectivity index (χ4v) is 3.34. The molecule has 0 radical (unpaired) electrons. The lowest BCUT2D eigenvalue weighted by Crippen LogP contribution is -2.13. The number of rotatable bonds is 7. The molecule has 0 aromatic heterocycles. The van der Waals surface area contributed by atoms with Crippen LogP contribution in [-0.2, 0) is 10.1 Å². The second kappa shape index (κ2) is 7.65. The minimum Gasteiger partial charge on any atom is -0.382 e. The molecule has 0 N–H and O–H groups in total. The van der Waals surface area contributed by atoms with Crippen molar-refractivity contribution in [1.29, 1.82) is 0 Å². The van der Waals surface area contributed by atoms with E-state index >= 15 is 0 Å². The van der Waals surface area contributed by atoms with Crippen molar-refractivity contribution in [1.82, 2.24) is 0 Å². The molecule has 2 aromatic carbocycles. The molecular weight excluding hydrogens is 320 g/mol. The van der Waals surface area contributed by atoms with Gasteiger partial charge in [0.05, 0.1) is 5.75 Å². The second-order valence-corrected chi connectivity index (χ2v) is 7.22. The Kier molecular flexibility index (Phi) is 5.86. The molecule has 0 saturated carbocycles. The summed E-state index contributed by atoms with van der Waals surface area (Å²) in [5.41, 5.74) is 1.78. The summed E-state index contributed by atoms with van der Waals surface area (Å²) in [6.45, 7) is 2.03. The standard InChI is InChI=1S/C17H19ClO3S/c1-2-3-4-11-22(19,20)21-17-10-6-8-15(13-17)14-7-5-9-16(18)12-14/h5-10,12-13H,2-4,11H2,1H3. The average Bonchev–Trinajstić information content (AvgIpc) is 2.47. The predicted octanol–water partition coefficient (Wildman–Crippen LogP) is 4.91. The van der Waals surface area contributed by atoms with Crippen molar-refractivity contribution in [3.8, 4) is 16.9 Å². The Bertz CT molecular complexity index is 726. The minimum absolute atomic E-state index is 0.0439. The number of benzene rings is 2. The maximum Gasteiger partial charge on any atom is 0.309 e. The molecule has 22 heavy (non-hydrogen) atoms. The summed E-state index contributed by atoms with van der Waals surface area (Å²) in [6.07, 6.45) is 2.47. The van der Waals surface area contributed by atoms with Gasteiger partial charge < -0.3 is 4.18 Å². The Balaban J connectivity index is 2.15. The van der Waals surface area contributed by atoms with Crippen LogP contribution in [0.5, 0.6) is 5.75 Å². The van der Waals surface area contributed by atoms with Crippen LogP contribution in [-0.4, -0.2) is 14.2 Å². The van der Waals surface area contributed by atoms with Crippen LogP contribution in [0, 0.1) is 0 Å². The van der Waals surface area contributed by atoms with Crippen molar-refractivity contribution in [2.75, 3.05) is 5.75 Å². The van der Waals surface area contributed by atoms with E-state index in [2.05, 4.69) is 0 Å². The van der Waals surface area contributed by atoms with E-state index in [1.165, 1.54) is 0 Å². The van der Waals surface area contributed by atoms with E-state index in [4.69, 9.17) is 15.8 Å². The molecule has 118 valence electrons. The van der Waals surface area contributed by atoms with Gasteiger partial charge in [0.25, 0.3) is 0 Å². The van der Waals surface area contributed by atoms with Gasteiger partial charge in [-0.15, -0.1) is 0 Å². The summed E-state index contributed by atoms with van der Waals surface area (Å²) in [5.74, 6) is 0.372. The summed E-state index contributed by atoms with van der Waals surface area (Å²) >= 11 is 5.98. The molecule has 5 heteroatoms. The first kappa shape index (κ1) is 16.8. The first-order valence-electron chi connectivity index (χ1n) is 7.28. The SMILES string of the molecule is CCCCCS(=O)(=O)Oc1cccc(-c2cccc(Cl)c2)c1. The smallest absolute Gasteiger partial charge is 0.309 e. The highest BCUT2D eigenvalue weighted by Gasteiger charge is 2.12. The third-order valence-corrected chi connectivity index (χ3v) is 4.68. The molecule has 0 spiro atoms. The van der Waals surface area contributed by atoms with Gasteiger partial charge >= 0.3 is 10.1 Å². The lowest BCUT2D eigenvalue weighted by atomic mass is 10.1. The van der Waals surface area contributed by atoms with Crippen LogP contribution < -0.4 is 4.18 Å². The van der Waals surface area contributed by atoms with E-state index in [-0.39, 0.29) is 5.75 Å². The summed E-state index contributed by atoms with van der Waals surface area (Å²) < 4.78 is 29.0. The molecule has 2 aromatic rings. The van der Waals surface area contributed by atoms with Gasteiger partial charge in [-0.05, 0) is 41.8 Å². The Hall–Kier alpha value is -1.52. The molecule has 0 heterocycles. The van der Waals surface area contributed by atoms with Crippen molar-refractivity contribution < 1.29 is 12.6 Å². The predicted molar refractivity (Wildman–Crippen MR) is 90.8 cm³/mol. The molecular formula is C17H19ClO3S. The average molecular weight is 339 g/mol. The van der Waals surface area contributed by atoms with Gasteiger partial charge in [-0.3, -0.25) is 0 Å². The number of hydrogen-bond donors (Lipinski definition) is 0. The molecule has 0 amide bonds. The maximum atomic E-state index is 11.9. The zero-order valence-corrected chi connectivity index (χ0v) is 14.0. The van der Waals surface area contributed by atoms with Crippen LogP contribution in [0.3, 0.4) is 0 Å². The molecule has 0 aliphatic rings. The van der Waals surface area contributed by atoms with Crippen LogP contribution in [0.1, 0.15) is 26.2 Å².